The highest BCUT2D eigenvalue weighted by Crippen LogP contribution is 2.23. The number of benzene rings is 2. The van der Waals surface area contributed by atoms with Crippen LogP contribution in [0, 0.1) is 13.8 Å². The molecule has 2 rings (SSSR count). The predicted octanol–water partition coefficient (Wildman–Crippen LogP) is 4.12. The molecule has 0 heterocycles. The lowest BCUT2D eigenvalue weighted by molar-refractivity contribution is 0.306. The molecule has 0 bridgehead atoms. The fourth-order valence-electron chi connectivity index (χ4n) is 2.03. The fourth-order valence-corrected chi connectivity index (χ4v) is 2.64. The topological polar surface area (TPSA) is 9.23 Å². The van der Waals surface area contributed by atoms with Crippen LogP contribution in [0.1, 0.15) is 22.3 Å². The third-order valence-corrected chi connectivity index (χ3v) is 3.84. The summed E-state index contributed by atoms with van der Waals surface area (Å²) < 4.78 is 5.84. The molecule has 1 unspecified atom stereocenters. The highest BCUT2D eigenvalue weighted by atomic mass is 35.5. The van der Waals surface area contributed by atoms with Gasteiger partial charge in [0.1, 0.15) is 12.4 Å². The van der Waals surface area contributed by atoms with Gasteiger partial charge in [0, 0.05) is 5.88 Å². The second-order valence-electron chi connectivity index (χ2n) is 4.70. The number of aryl methyl sites for hydroxylation is 2. The highest BCUT2D eigenvalue weighted by Gasteiger charge is 2.05. The molecule has 0 spiro atoms. The molecule has 0 saturated carbocycles. The van der Waals surface area contributed by atoms with E-state index in [4.69, 9.17) is 16.3 Å². The third-order valence-electron chi connectivity index (χ3n) is 3.19. The molecule has 2 aromatic carbocycles. The standard InChI is InChI=1S/C16H18ClOP/c1-11-7-14(8-12(2)16(11)9-17)18-10-13-3-5-15(19)6-4-13/h3-8H,9-10,19H2,1-2H3. The summed E-state index contributed by atoms with van der Waals surface area (Å²) in [6.07, 6.45) is 0. The molecular weight excluding hydrogens is 275 g/mol. The van der Waals surface area contributed by atoms with Crippen molar-refractivity contribution in [1.29, 1.82) is 0 Å². The Morgan fingerprint density at radius 2 is 1.63 bits per heavy atom. The number of ether oxygens (including phenoxy) is 1. The normalized spacial score (nSPS) is 10.5. The summed E-state index contributed by atoms with van der Waals surface area (Å²) in [6.45, 7) is 4.73. The van der Waals surface area contributed by atoms with Gasteiger partial charge in [-0.25, -0.2) is 0 Å². The lowest BCUT2D eigenvalue weighted by Gasteiger charge is -2.12. The van der Waals surface area contributed by atoms with Crippen LogP contribution in [0.4, 0.5) is 0 Å². The first-order valence-electron chi connectivity index (χ1n) is 6.23. The average Bonchev–Trinajstić information content (AvgIpc) is 2.38. The minimum atomic E-state index is 0.549. The maximum Gasteiger partial charge on any atom is 0.120 e. The smallest absolute Gasteiger partial charge is 0.120 e. The number of hydrogen-bond acceptors (Lipinski definition) is 1. The molecule has 0 aliphatic carbocycles. The van der Waals surface area contributed by atoms with Crippen molar-refractivity contribution < 1.29 is 4.74 Å². The van der Waals surface area contributed by atoms with Crippen LogP contribution in [0.2, 0.25) is 0 Å². The van der Waals surface area contributed by atoms with Crippen molar-refractivity contribution in [1.82, 2.24) is 0 Å². The predicted molar refractivity (Wildman–Crippen MR) is 85.6 cm³/mol. The lowest BCUT2D eigenvalue weighted by Crippen LogP contribution is -1.99. The first kappa shape index (κ1) is 14.4. The van der Waals surface area contributed by atoms with Gasteiger partial charge in [-0.1, -0.05) is 24.3 Å². The van der Waals surface area contributed by atoms with Crippen molar-refractivity contribution in [3.8, 4) is 5.75 Å². The van der Waals surface area contributed by atoms with E-state index in [0.717, 1.165) is 5.75 Å². The lowest BCUT2D eigenvalue weighted by atomic mass is 10.0. The number of halogens is 1. The van der Waals surface area contributed by atoms with Crippen molar-refractivity contribution in [3.05, 3.63) is 58.7 Å². The van der Waals surface area contributed by atoms with Crippen LogP contribution in [-0.2, 0) is 12.5 Å². The van der Waals surface area contributed by atoms with Gasteiger partial charge in [-0.2, -0.15) is 0 Å². The summed E-state index contributed by atoms with van der Waals surface area (Å²) in [5, 5.41) is 1.18. The SMILES string of the molecule is Cc1cc(OCc2ccc(P)cc2)cc(C)c1CCl. The van der Waals surface area contributed by atoms with Gasteiger partial charge in [-0.3, -0.25) is 0 Å². The molecule has 0 aliphatic heterocycles. The number of hydrogen-bond donors (Lipinski definition) is 0. The van der Waals surface area contributed by atoms with E-state index in [1.165, 1.54) is 27.6 Å². The van der Waals surface area contributed by atoms with Crippen LogP contribution in [0.5, 0.6) is 5.75 Å². The molecule has 19 heavy (non-hydrogen) atoms. The van der Waals surface area contributed by atoms with E-state index in [1.807, 2.05) is 0 Å². The zero-order valence-electron chi connectivity index (χ0n) is 11.2. The summed E-state index contributed by atoms with van der Waals surface area (Å²) in [4.78, 5) is 0. The third kappa shape index (κ3) is 3.72. The van der Waals surface area contributed by atoms with Crippen LogP contribution >= 0.6 is 20.8 Å². The zero-order chi connectivity index (χ0) is 13.8. The Morgan fingerprint density at radius 1 is 1.05 bits per heavy atom. The molecule has 1 atom stereocenters. The van der Waals surface area contributed by atoms with Crippen LogP contribution < -0.4 is 10.0 Å². The van der Waals surface area contributed by atoms with Gasteiger partial charge in [-0.05, 0) is 53.5 Å². The summed E-state index contributed by atoms with van der Waals surface area (Å²) in [6, 6.07) is 12.4. The molecule has 0 radical (unpaired) electrons. The molecular formula is C16H18ClOP. The van der Waals surface area contributed by atoms with Crippen LogP contribution in [-0.4, -0.2) is 0 Å². The van der Waals surface area contributed by atoms with Gasteiger partial charge in [-0.15, -0.1) is 20.8 Å². The first-order chi connectivity index (χ1) is 9.10. The van der Waals surface area contributed by atoms with E-state index in [9.17, 15) is 0 Å². The van der Waals surface area contributed by atoms with Gasteiger partial charge >= 0.3 is 0 Å². The van der Waals surface area contributed by atoms with E-state index < -0.39 is 0 Å². The van der Waals surface area contributed by atoms with Crippen molar-refractivity contribution in [2.24, 2.45) is 0 Å². The van der Waals surface area contributed by atoms with Crippen LogP contribution in [0.25, 0.3) is 0 Å². The van der Waals surface area contributed by atoms with E-state index in [2.05, 4.69) is 59.5 Å². The molecule has 3 heteroatoms. The van der Waals surface area contributed by atoms with Gasteiger partial charge in [0.15, 0.2) is 0 Å². The van der Waals surface area contributed by atoms with Crippen molar-refractivity contribution >= 4 is 26.1 Å². The van der Waals surface area contributed by atoms with Crippen LogP contribution in [0.15, 0.2) is 36.4 Å². The first-order valence-corrected chi connectivity index (χ1v) is 7.34. The highest BCUT2D eigenvalue weighted by molar-refractivity contribution is 7.27. The summed E-state index contributed by atoms with van der Waals surface area (Å²) in [5.41, 5.74) is 4.74. The molecule has 1 nitrogen and oxygen atoms in total. The van der Waals surface area contributed by atoms with Crippen molar-refractivity contribution in [2.45, 2.75) is 26.3 Å². The Kier molecular flexibility index (Phi) is 4.85. The maximum atomic E-state index is 5.93. The molecule has 0 N–H and O–H groups in total. The largest absolute Gasteiger partial charge is 0.489 e. The summed E-state index contributed by atoms with van der Waals surface area (Å²) in [7, 11) is 2.68. The molecule has 100 valence electrons. The second kappa shape index (κ2) is 6.41. The summed E-state index contributed by atoms with van der Waals surface area (Å²) >= 11 is 5.93. The molecule has 2 aromatic rings. The Hall–Kier alpha value is -1.04. The maximum absolute atomic E-state index is 5.93. The van der Waals surface area contributed by atoms with Gasteiger partial charge in [0.2, 0.25) is 0 Å². The van der Waals surface area contributed by atoms with Gasteiger partial charge in [0.25, 0.3) is 0 Å². The minimum absolute atomic E-state index is 0.549. The molecule has 0 saturated heterocycles. The quantitative estimate of drug-likeness (QED) is 0.608. The number of alkyl halides is 1. The Labute approximate surface area is 122 Å². The van der Waals surface area contributed by atoms with E-state index in [0.29, 0.717) is 12.5 Å². The average molecular weight is 293 g/mol. The minimum Gasteiger partial charge on any atom is -0.489 e. The Balaban J connectivity index is 2.09. The molecule has 0 amide bonds. The van der Waals surface area contributed by atoms with Gasteiger partial charge in [0.05, 0.1) is 0 Å². The zero-order valence-corrected chi connectivity index (χ0v) is 13.2. The second-order valence-corrected chi connectivity index (χ2v) is 5.63. The monoisotopic (exact) mass is 292 g/mol. The van der Waals surface area contributed by atoms with E-state index in [1.54, 1.807) is 0 Å². The van der Waals surface area contributed by atoms with E-state index in [-0.39, 0.29) is 0 Å². The van der Waals surface area contributed by atoms with Crippen molar-refractivity contribution in [2.75, 3.05) is 0 Å². The molecule has 0 aromatic heterocycles. The van der Waals surface area contributed by atoms with Gasteiger partial charge < -0.3 is 4.74 Å². The molecule has 0 fully saturated rings. The van der Waals surface area contributed by atoms with Crippen molar-refractivity contribution in [3.63, 3.8) is 0 Å². The van der Waals surface area contributed by atoms with E-state index >= 15 is 0 Å². The Bertz CT molecular complexity index is 540. The van der Waals surface area contributed by atoms with Crippen LogP contribution in [0.3, 0.4) is 0 Å². The Morgan fingerprint density at radius 3 is 2.16 bits per heavy atom. The molecule has 0 aliphatic rings. The summed E-state index contributed by atoms with van der Waals surface area (Å²) in [5.74, 6) is 1.45. The fraction of sp³-hybridized carbons (Fsp3) is 0.250. The number of rotatable bonds is 4.